The van der Waals surface area contributed by atoms with Gasteiger partial charge >= 0.3 is 0 Å². The molecule has 0 aliphatic heterocycles. The smallest absolute Gasteiger partial charge is 0.0705 e. The zero-order valence-electron chi connectivity index (χ0n) is 14.8. The van der Waals surface area contributed by atoms with Gasteiger partial charge < -0.3 is 0 Å². The molecule has 1 nitrogen and oxygen atoms in total. The minimum absolute atomic E-state index is 0.0119. The Morgan fingerprint density at radius 3 is 2.33 bits per heavy atom. The normalized spacial score (nSPS) is 14.5. The second kappa shape index (κ2) is 5.31. The van der Waals surface area contributed by atoms with Gasteiger partial charge in [-0.2, -0.15) is 0 Å². The van der Waals surface area contributed by atoms with Crippen LogP contribution in [0, 0.1) is 0 Å². The van der Waals surface area contributed by atoms with Crippen LogP contribution in [-0.2, 0) is 5.41 Å². The summed E-state index contributed by atoms with van der Waals surface area (Å²) < 4.78 is 0. The maximum atomic E-state index is 4.76. The molecule has 1 aliphatic rings. The second-order valence-electron chi connectivity index (χ2n) is 7.53. The molecule has 0 fully saturated rings. The Kier molecular flexibility index (Phi) is 3.35. The van der Waals surface area contributed by atoms with E-state index in [4.69, 9.17) is 4.98 Å². The van der Waals surface area contributed by atoms with Crippen LogP contribution in [0.15, 0.2) is 60.8 Å². The predicted molar refractivity (Wildman–Crippen MR) is 101 cm³/mol. The topological polar surface area (TPSA) is 12.9 Å². The van der Waals surface area contributed by atoms with Gasteiger partial charge in [0.1, 0.15) is 0 Å². The fourth-order valence-electron chi connectivity index (χ4n) is 4.06. The first-order chi connectivity index (χ1) is 11.5. The molecule has 0 saturated heterocycles. The lowest BCUT2D eigenvalue weighted by atomic mass is 9.78. The van der Waals surface area contributed by atoms with Gasteiger partial charge in [-0.25, -0.2) is 0 Å². The van der Waals surface area contributed by atoms with Crippen molar-refractivity contribution >= 4 is 0 Å². The third-order valence-corrected chi connectivity index (χ3v) is 5.28. The molecular weight excluding hydrogens is 290 g/mol. The van der Waals surface area contributed by atoms with Crippen LogP contribution in [0.3, 0.4) is 0 Å². The zero-order chi connectivity index (χ0) is 16.9. The minimum Gasteiger partial charge on any atom is -0.256 e. The van der Waals surface area contributed by atoms with Crippen molar-refractivity contribution < 1.29 is 0 Å². The number of fused-ring (bicyclic) bond motifs is 3. The quantitative estimate of drug-likeness (QED) is 0.550. The van der Waals surface area contributed by atoms with Crippen LogP contribution in [0.2, 0.25) is 0 Å². The molecule has 0 atom stereocenters. The molecule has 0 spiro atoms. The van der Waals surface area contributed by atoms with Gasteiger partial charge in [0.15, 0.2) is 0 Å². The lowest BCUT2D eigenvalue weighted by Crippen LogP contribution is -2.18. The number of rotatable bonds is 2. The van der Waals surface area contributed by atoms with Crippen molar-refractivity contribution in [1.29, 1.82) is 0 Å². The van der Waals surface area contributed by atoms with Gasteiger partial charge in [-0.3, -0.25) is 4.98 Å². The number of benzene rings is 2. The van der Waals surface area contributed by atoms with Gasteiger partial charge in [0.2, 0.25) is 0 Å². The Morgan fingerprint density at radius 2 is 1.62 bits per heavy atom. The van der Waals surface area contributed by atoms with Gasteiger partial charge in [0.05, 0.1) is 5.69 Å². The summed E-state index contributed by atoms with van der Waals surface area (Å²) in [5.41, 5.74) is 9.21. The summed E-state index contributed by atoms with van der Waals surface area (Å²) in [7, 11) is 0. The Labute approximate surface area is 144 Å². The highest BCUT2D eigenvalue weighted by molar-refractivity contribution is 5.83. The maximum absolute atomic E-state index is 4.76. The van der Waals surface area contributed by atoms with Crippen molar-refractivity contribution in [2.45, 2.75) is 39.0 Å². The van der Waals surface area contributed by atoms with E-state index < -0.39 is 0 Å². The molecule has 0 amide bonds. The van der Waals surface area contributed by atoms with Gasteiger partial charge in [0.25, 0.3) is 0 Å². The van der Waals surface area contributed by atoms with E-state index in [1.54, 1.807) is 0 Å². The monoisotopic (exact) mass is 313 g/mol. The Morgan fingerprint density at radius 1 is 0.875 bits per heavy atom. The number of pyridine rings is 1. The fourth-order valence-corrected chi connectivity index (χ4v) is 4.06. The first-order valence-corrected chi connectivity index (χ1v) is 8.70. The van der Waals surface area contributed by atoms with E-state index in [1.165, 1.54) is 33.4 Å². The molecule has 120 valence electrons. The molecule has 3 aromatic rings. The second-order valence-corrected chi connectivity index (χ2v) is 7.53. The van der Waals surface area contributed by atoms with Crippen LogP contribution < -0.4 is 0 Å². The average molecular weight is 313 g/mol. The minimum atomic E-state index is 0.0119. The van der Waals surface area contributed by atoms with Crippen molar-refractivity contribution in [2.24, 2.45) is 0 Å². The van der Waals surface area contributed by atoms with E-state index in [0.29, 0.717) is 5.92 Å². The number of hydrogen-bond donors (Lipinski definition) is 0. The summed E-state index contributed by atoms with van der Waals surface area (Å²) in [4.78, 5) is 4.76. The van der Waals surface area contributed by atoms with Crippen LogP contribution in [0.4, 0.5) is 0 Å². The lowest BCUT2D eigenvalue weighted by molar-refractivity contribution is 0.642. The number of hydrogen-bond acceptors (Lipinski definition) is 1. The van der Waals surface area contributed by atoms with Crippen molar-refractivity contribution in [3.63, 3.8) is 0 Å². The molecule has 1 aromatic heterocycles. The first-order valence-electron chi connectivity index (χ1n) is 8.70. The average Bonchev–Trinajstić information content (AvgIpc) is 2.83. The molecule has 1 aliphatic carbocycles. The van der Waals surface area contributed by atoms with E-state index >= 15 is 0 Å². The largest absolute Gasteiger partial charge is 0.256 e. The standard InChI is InChI=1S/C23H23N/c1-15(2)17-11-8-12-18-19-14-24-21(16-9-6-5-7-10-16)13-20(19)23(3,4)22(17)18/h5-15H,1-4H3. The summed E-state index contributed by atoms with van der Waals surface area (Å²) in [5.74, 6) is 0.523. The molecule has 24 heavy (non-hydrogen) atoms. The number of nitrogens with zero attached hydrogens (tertiary/aromatic N) is 1. The Hall–Kier alpha value is -2.41. The molecule has 0 radical (unpaired) electrons. The molecule has 0 unspecified atom stereocenters. The van der Waals surface area contributed by atoms with E-state index in [9.17, 15) is 0 Å². The van der Waals surface area contributed by atoms with Crippen LogP contribution in [0.1, 0.15) is 50.3 Å². The molecule has 2 aromatic carbocycles. The lowest BCUT2D eigenvalue weighted by Gasteiger charge is -2.26. The van der Waals surface area contributed by atoms with Crippen LogP contribution in [0.5, 0.6) is 0 Å². The van der Waals surface area contributed by atoms with Gasteiger partial charge in [-0.05, 0) is 34.2 Å². The van der Waals surface area contributed by atoms with Crippen LogP contribution in [0.25, 0.3) is 22.4 Å². The summed E-state index contributed by atoms with van der Waals surface area (Å²) >= 11 is 0. The van der Waals surface area contributed by atoms with Gasteiger partial charge in [-0.15, -0.1) is 0 Å². The highest BCUT2D eigenvalue weighted by Crippen LogP contribution is 2.51. The molecule has 4 rings (SSSR count). The Bertz CT molecular complexity index is 905. The zero-order valence-corrected chi connectivity index (χ0v) is 14.8. The van der Waals surface area contributed by atoms with Crippen molar-refractivity contribution in [2.75, 3.05) is 0 Å². The van der Waals surface area contributed by atoms with E-state index in [1.807, 2.05) is 6.07 Å². The third-order valence-electron chi connectivity index (χ3n) is 5.28. The van der Waals surface area contributed by atoms with Crippen LogP contribution in [-0.4, -0.2) is 4.98 Å². The first kappa shape index (κ1) is 15.1. The van der Waals surface area contributed by atoms with Crippen molar-refractivity contribution in [3.05, 3.63) is 77.5 Å². The highest BCUT2D eigenvalue weighted by Gasteiger charge is 2.38. The van der Waals surface area contributed by atoms with E-state index in [2.05, 4.69) is 82.4 Å². The fraction of sp³-hybridized carbons (Fsp3) is 0.261. The Balaban J connectivity index is 1.94. The SMILES string of the molecule is CC(C)c1cccc2c1C(C)(C)c1cc(-c3ccccc3)ncc1-2. The number of aromatic nitrogens is 1. The summed E-state index contributed by atoms with van der Waals surface area (Å²) in [6.07, 6.45) is 2.06. The molecule has 0 saturated carbocycles. The molecular formula is C23H23N. The van der Waals surface area contributed by atoms with E-state index in [-0.39, 0.29) is 5.41 Å². The van der Waals surface area contributed by atoms with Crippen molar-refractivity contribution in [3.8, 4) is 22.4 Å². The van der Waals surface area contributed by atoms with E-state index in [0.717, 1.165) is 5.69 Å². The molecule has 1 heteroatoms. The predicted octanol–water partition coefficient (Wildman–Crippen LogP) is 6.18. The van der Waals surface area contributed by atoms with Gasteiger partial charge in [-0.1, -0.05) is 76.2 Å². The van der Waals surface area contributed by atoms with Gasteiger partial charge in [0, 0.05) is 22.7 Å². The van der Waals surface area contributed by atoms with Crippen LogP contribution >= 0.6 is 0 Å². The molecule has 1 heterocycles. The summed E-state index contributed by atoms with van der Waals surface area (Å²) in [6, 6.07) is 19.4. The van der Waals surface area contributed by atoms with Crippen molar-refractivity contribution in [1.82, 2.24) is 4.98 Å². The molecule has 0 bridgehead atoms. The third kappa shape index (κ3) is 2.11. The highest BCUT2D eigenvalue weighted by atomic mass is 14.7. The summed E-state index contributed by atoms with van der Waals surface area (Å²) in [5, 5.41) is 0. The maximum Gasteiger partial charge on any atom is 0.0705 e. The summed E-state index contributed by atoms with van der Waals surface area (Å²) in [6.45, 7) is 9.25. The molecule has 0 N–H and O–H groups in total.